The summed E-state index contributed by atoms with van der Waals surface area (Å²) in [5.74, 6) is 0.497. The lowest BCUT2D eigenvalue weighted by Crippen LogP contribution is -3.00. The highest BCUT2D eigenvalue weighted by molar-refractivity contribution is 5.87. The molecule has 170 valence electrons. The number of nitrogens with zero attached hydrogens (tertiary/aromatic N) is 2. The molecule has 3 aliphatic rings. The van der Waals surface area contributed by atoms with Crippen molar-refractivity contribution in [3.63, 3.8) is 0 Å². The van der Waals surface area contributed by atoms with Gasteiger partial charge in [-0.05, 0) is 18.6 Å². The van der Waals surface area contributed by atoms with Crippen LogP contribution in [-0.4, -0.2) is 76.3 Å². The molecular formula is C23H37BrN2O4. The van der Waals surface area contributed by atoms with Crippen LogP contribution in [0.2, 0.25) is 0 Å². The Morgan fingerprint density at radius 3 is 2.53 bits per heavy atom. The van der Waals surface area contributed by atoms with Crippen molar-refractivity contribution in [1.29, 1.82) is 0 Å². The first-order valence-electron chi connectivity index (χ1n) is 11.1. The smallest absolute Gasteiger partial charge is 0.414 e. The van der Waals surface area contributed by atoms with Crippen molar-refractivity contribution in [3.8, 4) is 0 Å². The molecule has 30 heavy (non-hydrogen) atoms. The van der Waals surface area contributed by atoms with Crippen LogP contribution in [0, 0.1) is 5.92 Å². The van der Waals surface area contributed by atoms with Crippen LogP contribution in [0.3, 0.4) is 0 Å². The van der Waals surface area contributed by atoms with Gasteiger partial charge < -0.3 is 35.7 Å². The fourth-order valence-corrected chi connectivity index (χ4v) is 4.61. The van der Waals surface area contributed by atoms with Gasteiger partial charge >= 0.3 is 6.09 Å². The zero-order valence-electron chi connectivity index (χ0n) is 18.4. The van der Waals surface area contributed by atoms with E-state index in [1.165, 1.54) is 13.1 Å². The van der Waals surface area contributed by atoms with Crippen LogP contribution in [0.5, 0.6) is 0 Å². The molecule has 3 heterocycles. The van der Waals surface area contributed by atoms with E-state index in [0.717, 1.165) is 55.6 Å². The SMILES string of the molecule is CCCCN(C(=O)O[C@H]1C[N+]2(CCOCCOC)CCC1CC2)c1ccccc1.[Br-]. The molecule has 0 aliphatic carbocycles. The number of anilines is 1. The quantitative estimate of drug-likeness (QED) is 0.342. The van der Waals surface area contributed by atoms with Gasteiger partial charge in [0.1, 0.15) is 13.1 Å². The summed E-state index contributed by atoms with van der Waals surface area (Å²) in [5, 5.41) is 0. The fraction of sp³-hybridized carbons (Fsp3) is 0.696. The number of amides is 1. The molecular weight excluding hydrogens is 448 g/mol. The number of para-hydroxylation sites is 1. The Kier molecular flexibility index (Phi) is 10.6. The number of carbonyl (C=O) groups is 1. The molecule has 0 unspecified atom stereocenters. The van der Waals surface area contributed by atoms with E-state index in [4.69, 9.17) is 14.2 Å². The molecule has 1 amide bonds. The van der Waals surface area contributed by atoms with Gasteiger partial charge in [0.05, 0.1) is 32.9 Å². The maximum Gasteiger partial charge on any atom is 0.414 e. The molecule has 0 N–H and O–H groups in total. The third-order valence-corrected chi connectivity index (χ3v) is 6.46. The number of hydrogen-bond acceptors (Lipinski definition) is 4. The highest BCUT2D eigenvalue weighted by atomic mass is 79.9. The highest BCUT2D eigenvalue weighted by Gasteiger charge is 2.47. The summed E-state index contributed by atoms with van der Waals surface area (Å²) in [6, 6.07) is 9.89. The highest BCUT2D eigenvalue weighted by Crippen LogP contribution is 2.36. The van der Waals surface area contributed by atoms with Crippen LogP contribution in [0.25, 0.3) is 0 Å². The number of piperidine rings is 3. The molecule has 0 radical (unpaired) electrons. The van der Waals surface area contributed by atoms with E-state index in [-0.39, 0.29) is 29.2 Å². The number of methoxy groups -OCH3 is 1. The Labute approximate surface area is 191 Å². The van der Waals surface area contributed by atoms with Crippen molar-refractivity contribution in [1.82, 2.24) is 0 Å². The van der Waals surface area contributed by atoms with Crippen LogP contribution >= 0.6 is 0 Å². The Hall–Kier alpha value is -1.15. The summed E-state index contributed by atoms with van der Waals surface area (Å²) in [6.45, 7) is 9.10. The lowest BCUT2D eigenvalue weighted by Gasteiger charge is -2.52. The molecule has 1 atom stereocenters. The molecule has 1 aromatic carbocycles. The van der Waals surface area contributed by atoms with Crippen LogP contribution in [-0.2, 0) is 14.2 Å². The summed E-state index contributed by atoms with van der Waals surface area (Å²) >= 11 is 0. The number of ether oxygens (including phenoxy) is 3. The molecule has 2 bridgehead atoms. The first kappa shape index (κ1) is 25.1. The Balaban J connectivity index is 0.00000320. The minimum atomic E-state index is -0.196. The zero-order chi connectivity index (χ0) is 20.5. The van der Waals surface area contributed by atoms with E-state index in [1.54, 1.807) is 12.0 Å². The van der Waals surface area contributed by atoms with Crippen molar-refractivity contribution in [3.05, 3.63) is 30.3 Å². The van der Waals surface area contributed by atoms with Gasteiger partial charge in [-0.1, -0.05) is 31.5 Å². The third-order valence-electron chi connectivity index (χ3n) is 6.46. The van der Waals surface area contributed by atoms with Gasteiger partial charge in [-0.2, -0.15) is 0 Å². The molecule has 0 aromatic heterocycles. The predicted octanol–water partition coefficient (Wildman–Crippen LogP) is 0.706. The van der Waals surface area contributed by atoms with Gasteiger partial charge in [0, 0.05) is 38.1 Å². The monoisotopic (exact) mass is 484 g/mol. The van der Waals surface area contributed by atoms with Gasteiger partial charge in [0.25, 0.3) is 0 Å². The van der Waals surface area contributed by atoms with Crippen molar-refractivity contribution in [2.45, 2.75) is 38.7 Å². The maximum atomic E-state index is 13.1. The van der Waals surface area contributed by atoms with Crippen LogP contribution in [0.1, 0.15) is 32.6 Å². The Morgan fingerprint density at radius 2 is 1.87 bits per heavy atom. The molecule has 7 heteroatoms. The number of halogens is 1. The Bertz CT molecular complexity index is 623. The van der Waals surface area contributed by atoms with E-state index in [0.29, 0.717) is 25.7 Å². The molecule has 0 spiro atoms. The molecule has 6 nitrogen and oxygen atoms in total. The predicted molar refractivity (Wildman–Crippen MR) is 114 cm³/mol. The first-order valence-corrected chi connectivity index (χ1v) is 11.1. The number of fused-ring (bicyclic) bond motifs is 3. The average Bonchev–Trinajstić information content (AvgIpc) is 2.75. The van der Waals surface area contributed by atoms with Gasteiger partial charge in [-0.25, -0.2) is 4.79 Å². The normalized spacial score (nSPS) is 24.9. The summed E-state index contributed by atoms with van der Waals surface area (Å²) in [5.41, 5.74) is 0.919. The van der Waals surface area contributed by atoms with Gasteiger partial charge in [-0.3, -0.25) is 4.90 Å². The summed E-state index contributed by atoms with van der Waals surface area (Å²) in [6.07, 6.45) is 4.10. The van der Waals surface area contributed by atoms with Crippen LogP contribution < -0.4 is 21.9 Å². The second-order valence-electron chi connectivity index (χ2n) is 8.40. The number of carbonyl (C=O) groups excluding carboxylic acids is 1. The summed E-state index contributed by atoms with van der Waals surface area (Å²) in [4.78, 5) is 14.9. The lowest BCUT2D eigenvalue weighted by atomic mass is 9.83. The number of rotatable bonds is 11. The molecule has 0 saturated carbocycles. The van der Waals surface area contributed by atoms with Crippen molar-refractivity contribution in [2.75, 3.05) is 64.6 Å². The third kappa shape index (κ3) is 6.67. The largest absolute Gasteiger partial charge is 1.00 e. The van der Waals surface area contributed by atoms with Crippen molar-refractivity contribution < 1.29 is 40.5 Å². The van der Waals surface area contributed by atoms with Crippen LogP contribution in [0.15, 0.2) is 30.3 Å². The molecule has 4 rings (SSSR count). The standard InChI is InChI=1S/C23H37N2O4.BrH/c1-3-4-12-24(21-8-6-5-7-9-21)23(26)29-22-19-25(13-10-20(22)11-14-25)15-16-28-18-17-27-2;/h5-9,20,22H,3-4,10-19H2,1-2H3;1H/q+1;/p-1/t20?,22-,25?;/m0./s1. The van der Waals surface area contributed by atoms with Crippen molar-refractivity contribution >= 4 is 11.8 Å². The maximum absolute atomic E-state index is 13.1. The zero-order valence-corrected chi connectivity index (χ0v) is 20.0. The Morgan fingerprint density at radius 1 is 1.13 bits per heavy atom. The minimum absolute atomic E-state index is 0. The minimum Gasteiger partial charge on any atom is -1.00 e. The summed E-state index contributed by atoms with van der Waals surface area (Å²) < 4.78 is 17.9. The number of benzene rings is 1. The molecule has 1 aromatic rings. The second-order valence-corrected chi connectivity index (χ2v) is 8.40. The molecule has 3 saturated heterocycles. The average molecular weight is 485 g/mol. The molecule has 3 fully saturated rings. The number of hydrogen-bond donors (Lipinski definition) is 0. The van der Waals surface area contributed by atoms with E-state index >= 15 is 0 Å². The fourth-order valence-electron chi connectivity index (χ4n) is 4.61. The number of quaternary nitrogens is 1. The topological polar surface area (TPSA) is 48.0 Å². The lowest BCUT2D eigenvalue weighted by molar-refractivity contribution is -0.946. The van der Waals surface area contributed by atoms with Gasteiger partial charge in [0.15, 0.2) is 6.10 Å². The second kappa shape index (κ2) is 12.6. The number of unbranched alkanes of at least 4 members (excludes halogenated alkanes) is 1. The van der Waals surface area contributed by atoms with E-state index < -0.39 is 0 Å². The van der Waals surface area contributed by atoms with Gasteiger partial charge in [-0.15, -0.1) is 0 Å². The van der Waals surface area contributed by atoms with E-state index in [9.17, 15) is 4.79 Å². The van der Waals surface area contributed by atoms with Gasteiger partial charge in [0.2, 0.25) is 0 Å². The summed E-state index contributed by atoms with van der Waals surface area (Å²) in [7, 11) is 1.69. The van der Waals surface area contributed by atoms with E-state index in [1.807, 2.05) is 30.3 Å². The first-order chi connectivity index (χ1) is 14.2. The van der Waals surface area contributed by atoms with E-state index in [2.05, 4.69) is 6.92 Å². The van der Waals surface area contributed by atoms with Crippen LogP contribution in [0.4, 0.5) is 10.5 Å². The van der Waals surface area contributed by atoms with Crippen molar-refractivity contribution in [2.24, 2.45) is 5.92 Å². The molecule has 3 aliphatic heterocycles.